The molecular formula is C13H17NO4S. The monoisotopic (exact) mass is 283 g/mol. The van der Waals surface area contributed by atoms with Crippen molar-refractivity contribution in [1.82, 2.24) is 4.90 Å². The standard InChI is InChI=1S/C13H17NO4S/c1-2-18-12(16)13(17)4-6-14(7-5-13)11(15)10-3-8-19-9-10/h3,8-9,17H,2,4-7H2,1H3. The molecule has 0 radical (unpaired) electrons. The van der Waals surface area contributed by atoms with Crippen molar-refractivity contribution in [3.05, 3.63) is 22.4 Å². The van der Waals surface area contributed by atoms with Gasteiger partial charge in [0.25, 0.3) is 5.91 Å². The van der Waals surface area contributed by atoms with Crippen molar-refractivity contribution >= 4 is 23.2 Å². The van der Waals surface area contributed by atoms with Gasteiger partial charge in [0.05, 0.1) is 12.2 Å². The van der Waals surface area contributed by atoms with Gasteiger partial charge in [0, 0.05) is 31.3 Å². The van der Waals surface area contributed by atoms with E-state index in [9.17, 15) is 14.7 Å². The second-order valence-corrected chi connectivity index (χ2v) is 5.34. The fourth-order valence-electron chi connectivity index (χ4n) is 2.12. The van der Waals surface area contributed by atoms with Crippen molar-refractivity contribution in [2.75, 3.05) is 19.7 Å². The molecular weight excluding hydrogens is 266 g/mol. The Bertz CT molecular complexity index is 449. The van der Waals surface area contributed by atoms with Gasteiger partial charge in [-0.2, -0.15) is 11.3 Å². The summed E-state index contributed by atoms with van der Waals surface area (Å²) in [6, 6.07) is 1.78. The van der Waals surface area contributed by atoms with Crippen molar-refractivity contribution in [2.45, 2.75) is 25.4 Å². The number of ether oxygens (including phenoxy) is 1. The average Bonchev–Trinajstić information content (AvgIpc) is 2.93. The van der Waals surface area contributed by atoms with Crippen LogP contribution in [0.25, 0.3) is 0 Å². The van der Waals surface area contributed by atoms with Crippen LogP contribution in [0.3, 0.4) is 0 Å². The maximum absolute atomic E-state index is 12.1. The molecule has 2 heterocycles. The SMILES string of the molecule is CCOC(=O)C1(O)CCN(C(=O)c2ccsc2)CC1. The molecule has 0 spiro atoms. The average molecular weight is 283 g/mol. The van der Waals surface area contributed by atoms with Crippen LogP contribution in [-0.4, -0.2) is 47.2 Å². The highest BCUT2D eigenvalue weighted by Crippen LogP contribution is 2.25. The number of likely N-dealkylation sites (tertiary alicyclic amines) is 1. The minimum Gasteiger partial charge on any atom is -0.464 e. The summed E-state index contributed by atoms with van der Waals surface area (Å²) < 4.78 is 4.86. The first-order valence-corrected chi connectivity index (χ1v) is 7.22. The number of piperidine rings is 1. The van der Waals surface area contributed by atoms with Gasteiger partial charge in [-0.15, -0.1) is 0 Å². The first-order valence-electron chi connectivity index (χ1n) is 6.28. The lowest BCUT2D eigenvalue weighted by Crippen LogP contribution is -2.51. The second-order valence-electron chi connectivity index (χ2n) is 4.56. The Labute approximate surface area is 115 Å². The van der Waals surface area contributed by atoms with Crippen LogP contribution >= 0.6 is 11.3 Å². The van der Waals surface area contributed by atoms with Crippen LogP contribution in [0.4, 0.5) is 0 Å². The van der Waals surface area contributed by atoms with Gasteiger partial charge >= 0.3 is 5.97 Å². The second kappa shape index (κ2) is 5.71. The molecule has 1 aliphatic heterocycles. The Hall–Kier alpha value is -1.40. The van der Waals surface area contributed by atoms with Gasteiger partial charge < -0.3 is 14.7 Å². The maximum Gasteiger partial charge on any atom is 0.338 e. The number of rotatable bonds is 3. The van der Waals surface area contributed by atoms with Gasteiger partial charge in [0.1, 0.15) is 0 Å². The predicted octanol–water partition coefficient (Wildman–Crippen LogP) is 1.28. The quantitative estimate of drug-likeness (QED) is 0.849. The molecule has 6 heteroatoms. The zero-order valence-corrected chi connectivity index (χ0v) is 11.6. The number of hydrogen-bond donors (Lipinski definition) is 1. The number of thiophene rings is 1. The third kappa shape index (κ3) is 2.96. The molecule has 0 bridgehead atoms. The maximum atomic E-state index is 12.1. The number of nitrogens with zero attached hydrogens (tertiary/aromatic N) is 1. The minimum atomic E-state index is -1.44. The molecule has 1 amide bonds. The van der Waals surface area contributed by atoms with Crippen LogP contribution in [0.15, 0.2) is 16.8 Å². The van der Waals surface area contributed by atoms with E-state index in [0.29, 0.717) is 18.7 Å². The van der Waals surface area contributed by atoms with Crippen molar-refractivity contribution in [3.63, 3.8) is 0 Å². The molecule has 0 atom stereocenters. The third-order valence-electron chi connectivity index (χ3n) is 3.30. The smallest absolute Gasteiger partial charge is 0.338 e. The van der Waals surface area contributed by atoms with Gasteiger partial charge in [-0.1, -0.05) is 0 Å². The molecule has 0 aromatic carbocycles. The number of carbonyl (C=O) groups excluding carboxylic acids is 2. The summed E-state index contributed by atoms with van der Waals surface area (Å²) in [7, 11) is 0. The number of amides is 1. The summed E-state index contributed by atoms with van der Waals surface area (Å²) in [4.78, 5) is 25.4. The number of esters is 1. The Morgan fingerprint density at radius 1 is 1.47 bits per heavy atom. The lowest BCUT2D eigenvalue weighted by Gasteiger charge is -2.36. The highest BCUT2D eigenvalue weighted by molar-refractivity contribution is 7.08. The Kier molecular flexibility index (Phi) is 4.21. The topological polar surface area (TPSA) is 66.8 Å². The van der Waals surface area contributed by atoms with Crippen LogP contribution in [0, 0.1) is 0 Å². The fourth-order valence-corrected chi connectivity index (χ4v) is 2.75. The van der Waals surface area contributed by atoms with E-state index in [0.717, 1.165) is 0 Å². The van der Waals surface area contributed by atoms with Crippen LogP contribution in [0.5, 0.6) is 0 Å². The summed E-state index contributed by atoms with van der Waals surface area (Å²) in [5.41, 5.74) is -0.784. The van der Waals surface area contributed by atoms with Crippen molar-refractivity contribution in [3.8, 4) is 0 Å². The molecule has 104 valence electrons. The van der Waals surface area contributed by atoms with Crippen molar-refractivity contribution in [2.24, 2.45) is 0 Å². The largest absolute Gasteiger partial charge is 0.464 e. The number of carbonyl (C=O) groups is 2. The molecule has 1 aromatic rings. The van der Waals surface area contributed by atoms with E-state index >= 15 is 0 Å². The first-order chi connectivity index (χ1) is 9.07. The third-order valence-corrected chi connectivity index (χ3v) is 3.98. The van der Waals surface area contributed by atoms with E-state index in [1.165, 1.54) is 11.3 Å². The zero-order chi connectivity index (χ0) is 13.9. The molecule has 1 fully saturated rings. The number of aliphatic hydroxyl groups is 1. The molecule has 0 aliphatic carbocycles. The molecule has 1 saturated heterocycles. The van der Waals surface area contributed by atoms with Gasteiger partial charge in [-0.3, -0.25) is 4.79 Å². The summed E-state index contributed by atoms with van der Waals surface area (Å²) in [6.45, 7) is 2.68. The molecule has 1 N–H and O–H groups in total. The predicted molar refractivity (Wildman–Crippen MR) is 71.0 cm³/mol. The summed E-state index contributed by atoms with van der Waals surface area (Å²) >= 11 is 1.47. The van der Waals surface area contributed by atoms with Crippen molar-refractivity contribution < 1.29 is 19.4 Å². The van der Waals surface area contributed by atoms with E-state index in [2.05, 4.69) is 0 Å². The van der Waals surface area contributed by atoms with Crippen LogP contribution in [-0.2, 0) is 9.53 Å². The molecule has 0 saturated carbocycles. The zero-order valence-electron chi connectivity index (χ0n) is 10.8. The summed E-state index contributed by atoms with van der Waals surface area (Å²) in [5, 5.41) is 13.8. The minimum absolute atomic E-state index is 0.0489. The van der Waals surface area contributed by atoms with E-state index in [1.54, 1.807) is 23.3 Å². The molecule has 2 rings (SSSR count). The van der Waals surface area contributed by atoms with E-state index in [4.69, 9.17) is 4.74 Å². The number of hydrogen-bond acceptors (Lipinski definition) is 5. The fraction of sp³-hybridized carbons (Fsp3) is 0.538. The molecule has 1 aromatic heterocycles. The highest BCUT2D eigenvalue weighted by Gasteiger charge is 2.41. The van der Waals surface area contributed by atoms with Crippen LogP contribution in [0.2, 0.25) is 0 Å². The summed E-state index contributed by atoms with van der Waals surface area (Å²) in [5.74, 6) is -0.634. The molecule has 5 nitrogen and oxygen atoms in total. The summed E-state index contributed by atoms with van der Waals surface area (Å²) in [6.07, 6.45) is 0.448. The van der Waals surface area contributed by atoms with Gasteiger partial charge in [0.15, 0.2) is 5.60 Å². The van der Waals surface area contributed by atoms with Crippen molar-refractivity contribution in [1.29, 1.82) is 0 Å². The normalized spacial score (nSPS) is 18.1. The Morgan fingerprint density at radius 3 is 2.68 bits per heavy atom. The lowest BCUT2D eigenvalue weighted by molar-refractivity contribution is -0.169. The van der Waals surface area contributed by atoms with Crippen LogP contribution in [0.1, 0.15) is 30.1 Å². The van der Waals surface area contributed by atoms with Gasteiger partial charge in [-0.05, 0) is 18.4 Å². The Morgan fingerprint density at radius 2 is 2.16 bits per heavy atom. The van der Waals surface area contributed by atoms with E-state index in [1.807, 2.05) is 5.38 Å². The van der Waals surface area contributed by atoms with Crippen LogP contribution < -0.4 is 0 Å². The van der Waals surface area contributed by atoms with Gasteiger partial charge in [0.2, 0.25) is 0 Å². The molecule has 1 aliphatic rings. The highest BCUT2D eigenvalue weighted by atomic mass is 32.1. The first kappa shape index (κ1) is 14.0. The van der Waals surface area contributed by atoms with E-state index < -0.39 is 11.6 Å². The lowest BCUT2D eigenvalue weighted by atomic mass is 9.91. The molecule has 0 unspecified atom stereocenters. The van der Waals surface area contributed by atoms with E-state index in [-0.39, 0.29) is 25.4 Å². The Balaban J connectivity index is 1.95. The molecule has 19 heavy (non-hydrogen) atoms. The van der Waals surface area contributed by atoms with Gasteiger partial charge in [-0.25, -0.2) is 4.79 Å².